The minimum Gasteiger partial charge on any atom is -0.350 e. The highest BCUT2D eigenvalue weighted by Crippen LogP contribution is 2.20. The van der Waals surface area contributed by atoms with E-state index in [1.54, 1.807) is 53.4 Å². The Bertz CT molecular complexity index is 977. The summed E-state index contributed by atoms with van der Waals surface area (Å²) in [6, 6.07) is 13.5. The van der Waals surface area contributed by atoms with Crippen LogP contribution in [0.15, 0.2) is 48.5 Å². The molecule has 1 saturated heterocycles. The molecule has 0 aromatic heterocycles. The van der Waals surface area contributed by atoms with Gasteiger partial charge in [0.15, 0.2) is 0 Å². The van der Waals surface area contributed by atoms with Crippen LogP contribution in [-0.2, 0) is 4.79 Å². The monoisotopic (exact) mass is 456 g/mol. The lowest BCUT2D eigenvalue weighted by Gasteiger charge is -2.35. The predicted octanol–water partition coefficient (Wildman–Crippen LogP) is 3.26. The molecule has 1 heterocycles. The zero-order chi connectivity index (χ0) is 23.3. The number of anilines is 1. The molecule has 2 aromatic rings. The van der Waals surface area contributed by atoms with Crippen LogP contribution in [0.25, 0.3) is 0 Å². The van der Waals surface area contributed by atoms with Crippen molar-refractivity contribution in [3.63, 3.8) is 0 Å². The highest BCUT2D eigenvalue weighted by Gasteiger charge is 2.26. The van der Waals surface area contributed by atoms with Crippen LogP contribution >= 0.6 is 11.6 Å². The Morgan fingerprint density at radius 3 is 2.19 bits per heavy atom. The second-order valence-corrected chi connectivity index (χ2v) is 9.31. The lowest BCUT2D eigenvalue weighted by molar-refractivity contribution is -0.124. The van der Waals surface area contributed by atoms with Crippen LogP contribution in [0.2, 0.25) is 5.02 Å². The Morgan fingerprint density at radius 2 is 1.56 bits per heavy atom. The Labute approximate surface area is 193 Å². The Hall–Kier alpha value is -2.90. The van der Waals surface area contributed by atoms with Gasteiger partial charge in [0.05, 0.1) is 17.8 Å². The molecule has 0 spiro atoms. The van der Waals surface area contributed by atoms with E-state index >= 15 is 0 Å². The van der Waals surface area contributed by atoms with Crippen molar-refractivity contribution in [2.45, 2.75) is 26.3 Å². The van der Waals surface area contributed by atoms with E-state index in [1.807, 2.05) is 25.7 Å². The molecule has 8 heteroatoms. The van der Waals surface area contributed by atoms with Crippen molar-refractivity contribution in [3.05, 3.63) is 64.7 Å². The SMILES string of the molecule is CC(C)(C)NC(=O)CN1CCN(C(=O)c2ccccc2NC(=O)c2ccc(Cl)cc2)CC1. The third-order valence-corrected chi connectivity index (χ3v) is 5.31. The number of benzene rings is 2. The molecule has 0 unspecified atom stereocenters. The average molecular weight is 457 g/mol. The molecule has 170 valence electrons. The first-order chi connectivity index (χ1) is 15.1. The number of rotatable bonds is 5. The quantitative estimate of drug-likeness (QED) is 0.723. The van der Waals surface area contributed by atoms with Gasteiger partial charge in [0, 0.05) is 42.3 Å². The van der Waals surface area contributed by atoms with Crippen LogP contribution in [0.5, 0.6) is 0 Å². The van der Waals surface area contributed by atoms with E-state index in [0.29, 0.717) is 54.6 Å². The van der Waals surface area contributed by atoms with Gasteiger partial charge in [0.1, 0.15) is 0 Å². The van der Waals surface area contributed by atoms with E-state index in [1.165, 1.54) is 0 Å². The summed E-state index contributed by atoms with van der Waals surface area (Å²) in [6.07, 6.45) is 0. The van der Waals surface area contributed by atoms with Crippen LogP contribution in [0, 0.1) is 0 Å². The maximum Gasteiger partial charge on any atom is 0.256 e. The number of nitrogens with zero attached hydrogens (tertiary/aromatic N) is 2. The number of carbonyl (C=O) groups excluding carboxylic acids is 3. The van der Waals surface area contributed by atoms with Crippen molar-refractivity contribution in [2.75, 3.05) is 38.0 Å². The molecule has 0 saturated carbocycles. The molecular weight excluding hydrogens is 428 g/mol. The zero-order valence-electron chi connectivity index (χ0n) is 18.7. The molecule has 0 bridgehead atoms. The van der Waals surface area contributed by atoms with Crippen molar-refractivity contribution in [1.82, 2.24) is 15.1 Å². The first-order valence-corrected chi connectivity index (χ1v) is 11.0. The van der Waals surface area contributed by atoms with Gasteiger partial charge in [-0.05, 0) is 57.2 Å². The zero-order valence-corrected chi connectivity index (χ0v) is 19.4. The number of halogens is 1. The van der Waals surface area contributed by atoms with Gasteiger partial charge in [-0.3, -0.25) is 19.3 Å². The lowest BCUT2D eigenvalue weighted by Crippen LogP contribution is -2.52. The maximum absolute atomic E-state index is 13.2. The molecule has 3 amide bonds. The van der Waals surface area contributed by atoms with Crippen molar-refractivity contribution >= 4 is 35.0 Å². The summed E-state index contributed by atoms with van der Waals surface area (Å²) in [7, 11) is 0. The van der Waals surface area contributed by atoms with Crippen LogP contribution < -0.4 is 10.6 Å². The first-order valence-electron chi connectivity index (χ1n) is 10.6. The van der Waals surface area contributed by atoms with E-state index in [-0.39, 0.29) is 23.3 Å². The van der Waals surface area contributed by atoms with Gasteiger partial charge >= 0.3 is 0 Å². The van der Waals surface area contributed by atoms with Crippen LogP contribution in [0.3, 0.4) is 0 Å². The van der Waals surface area contributed by atoms with Crippen LogP contribution in [0.1, 0.15) is 41.5 Å². The van der Waals surface area contributed by atoms with Gasteiger partial charge in [-0.15, -0.1) is 0 Å². The number of piperazine rings is 1. The molecule has 0 aliphatic carbocycles. The third kappa shape index (κ3) is 6.55. The van der Waals surface area contributed by atoms with Crippen molar-refractivity contribution < 1.29 is 14.4 Å². The summed E-state index contributed by atoms with van der Waals surface area (Å²) in [5.41, 5.74) is 1.09. The number of nitrogens with one attached hydrogen (secondary N) is 2. The van der Waals surface area contributed by atoms with Crippen molar-refractivity contribution in [2.24, 2.45) is 0 Å². The summed E-state index contributed by atoms with van der Waals surface area (Å²) >= 11 is 5.89. The van der Waals surface area contributed by atoms with Gasteiger partial charge < -0.3 is 15.5 Å². The summed E-state index contributed by atoms with van der Waals surface area (Å²) in [4.78, 5) is 41.7. The third-order valence-electron chi connectivity index (χ3n) is 5.05. The Kier molecular flexibility index (Phi) is 7.53. The summed E-state index contributed by atoms with van der Waals surface area (Å²) < 4.78 is 0. The highest BCUT2D eigenvalue weighted by atomic mass is 35.5. The number of amides is 3. The fourth-order valence-electron chi connectivity index (χ4n) is 3.51. The van der Waals surface area contributed by atoms with Crippen LogP contribution in [-0.4, -0.2) is 65.8 Å². The van der Waals surface area contributed by atoms with Gasteiger partial charge in [0.2, 0.25) is 5.91 Å². The summed E-state index contributed by atoms with van der Waals surface area (Å²) in [5, 5.41) is 6.34. The Balaban J connectivity index is 1.61. The molecule has 2 N–H and O–H groups in total. The Morgan fingerprint density at radius 1 is 0.938 bits per heavy atom. The molecule has 1 aliphatic heterocycles. The number of para-hydroxylation sites is 1. The van der Waals surface area contributed by atoms with E-state index < -0.39 is 0 Å². The standard InChI is InChI=1S/C24H29ClN4O3/c1-24(2,3)27-21(30)16-28-12-14-29(15-13-28)23(32)19-6-4-5-7-20(19)26-22(31)17-8-10-18(25)11-9-17/h4-11H,12-16H2,1-3H3,(H,26,31)(H,27,30). The fourth-order valence-corrected chi connectivity index (χ4v) is 3.64. The molecule has 0 atom stereocenters. The lowest BCUT2D eigenvalue weighted by atomic mass is 10.1. The minimum atomic E-state index is -0.309. The van der Waals surface area contributed by atoms with Gasteiger partial charge in [-0.1, -0.05) is 23.7 Å². The minimum absolute atomic E-state index is 0.0208. The van der Waals surface area contributed by atoms with E-state index in [0.717, 1.165) is 0 Å². The summed E-state index contributed by atoms with van der Waals surface area (Å²) in [5.74, 6) is -0.472. The van der Waals surface area contributed by atoms with Crippen LogP contribution in [0.4, 0.5) is 5.69 Å². The molecule has 3 rings (SSSR count). The van der Waals surface area contributed by atoms with E-state index in [9.17, 15) is 14.4 Å². The van der Waals surface area contributed by atoms with Crippen molar-refractivity contribution in [3.8, 4) is 0 Å². The smallest absolute Gasteiger partial charge is 0.256 e. The average Bonchev–Trinajstić information content (AvgIpc) is 2.73. The van der Waals surface area contributed by atoms with E-state index in [4.69, 9.17) is 11.6 Å². The molecule has 1 fully saturated rings. The number of hydrogen-bond acceptors (Lipinski definition) is 4. The van der Waals surface area contributed by atoms with Gasteiger partial charge in [-0.2, -0.15) is 0 Å². The predicted molar refractivity (Wildman–Crippen MR) is 126 cm³/mol. The summed E-state index contributed by atoms with van der Waals surface area (Å²) in [6.45, 7) is 8.42. The number of hydrogen-bond donors (Lipinski definition) is 2. The maximum atomic E-state index is 13.2. The fraction of sp³-hybridized carbons (Fsp3) is 0.375. The molecule has 1 aliphatic rings. The van der Waals surface area contributed by atoms with Crippen molar-refractivity contribution in [1.29, 1.82) is 0 Å². The number of carbonyl (C=O) groups is 3. The van der Waals surface area contributed by atoms with Gasteiger partial charge in [0.25, 0.3) is 11.8 Å². The molecule has 0 radical (unpaired) electrons. The van der Waals surface area contributed by atoms with Gasteiger partial charge in [-0.25, -0.2) is 0 Å². The first kappa shape index (κ1) is 23.8. The second-order valence-electron chi connectivity index (χ2n) is 8.87. The normalized spacial score (nSPS) is 14.7. The molecule has 2 aromatic carbocycles. The van der Waals surface area contributed by atoms with E-state index in [2.05, 4.69) is 10.6 Å². The molecular formula is C24H29ClN4O3. The second kappa shape index (κ2) is 10.1. The molecule has 32 heavy (non-hydrogen) atoms. The largest absolute Gasteiger partial charge is 0.350 e. The topological polar surface area (TPSA) is 81.8 Å². The highest BCUT2D eigenvalue weighted by molar-refractivity contribution is 6.30. The molecule has 7 nitrogen and oxygen atoms in total.